The Labute approximate surface area is 144 Å². The first-order chi connectivity index (χ1) is 11.2. The molecule has 0 aliphatic rings. The summed E-state index contributed by atoms with van der Waals surface area (Å²) in [5, 5.41) is 14.4. The van der Waals surface area contributed by atoms with Crippen molar-refractivity contribution >= 4 is 39.5 Å². The van der Waals surface area contributed by atoms with Crippen molar-refractivity contribution in [1.29, 1.82) is 0 Å². The van der Waals surface area contributed by atoms with Gasteiger partial charge in [0, 0.05) is 22.7 Å². The SMILES string of the molecule is [N-]=[N+]=Nc1c(OCC(=CI)c2ccccn2)cccc1[N+](=O)[O-]. The maximum atomic E-state index is 11.0. The molecule has 0 atom stereocenters. The molecule has 0 radical (unpaired) electrons. The highest BCUT2D eigenvalue weighted by molar-refractivity contribution is 14.1. The lowest BCUT2D eigenvalue weighted by Crippen LogP contribution is -2.02. The van der Waals surface area contributed by atoms with E-state index in [4.69, 9.17) is 10.3 Å². The molecule has 0 N–H and O–H groups in total. The minimum atomic E-state index is -0.620. The lowest BCUT2D eigenvalue weighted by molar-refractivity contribution is -0.384. The molecule has 0 saturated carbocycles. The third kappa shape index (κ3) is 4.18. The topological polar surface area (TPSA) is 114 Å². The van der Waals surface area contributed by atoms with E-state index in [1.54, 1.807) is 12.3 Å². The second-order valence-corrected chi connectivity index (χ2v) is 4.83. The van der Waals surface area contributed by atoms with Gasteiger partial charge in [0.2, 0.25) is 0 Å². The third-order valence-corrected chi connectivity index (χ3v) is 3.58. The summed E-state index contributed by atoms with van der Waals surface area (Å²) in [6.07, 6.45) is 1.66. The fourth-order valence-corrected chi connectivity index (χ4v) is 2.29. The number of benzene rings is 1. The van der Waals surface area contributed by atoms with E-state index in [9.17, 15) is 10.1 Å². The second kappa shape index (κ2) is 8.11. The van der Waals surface area contributed by atoms with E-state index < -0.39 is 4.92 Å². The van der Waals surface area contributed by atoms with E-state index in [1.807, 2.05) is 16.2 Å². The Morgan fingerprint density at radius 1 is 1.43 bits per heavy atom. The van der Waals surface area contributed by atoms with Crippen LogP contribution in [-0.2, 0) is 0 Å². The van der Waals surface area contributed by atoms with Crippen molar-refractivity contribution in [3.63, 3.8) is 0 Å². The Morgan fingerprint density at radius 3 is 2.87 bits per heavy atom. The lowest BCUT2D eigenvalue weighted by atomic mass is 10.2. The van der Waals surface area contributed by atoms with E-state index in [2.05, 4.69) is 37.6 Å². The molecule has 8 nitrogen and oxygen atoms in total. The molecule has 0 amide bonds. The molecule has 9 heteroatoms. The normalized spacial score (nSPS) is 10.7. The molecular weight excluding hydrogens is 413 g/mol. The van der Waals surface area contributed by atoms with Gasteiger partial charge in [0.15, 0.2) is 5.69 Å². The molecule has 1 aromatic carbocycles. The fraction of sp³-hybridized carbons (Fsp3) is 0.0714. The number of nitrogens with zero attached hydrogens (tertiary/aromatic N) is 5. The average molecular weight is 423 g/mol. The average Bonchev–Trinajstić information content (AvgIpc) is 2.57. The molecule has 2 aromatic rings. The predicted octanol–water partition coefficient (Wildman–Crippen LogP) is 4.79. The van der Waals surface area contributed by atoms with Crippen LogP contribution in [-0.4, -0.2) is 16.5 Å². The van der Waals surface area contributed by atoms with E-state index >= 15 is 0 Å². The van der Waals surface area contributed by atoms with Crippen LogP contribution in [0.15, 0.2) is 51.8 Å². The van der Waals surface area contributed by atoms with Crippen molar-refractivity contribution < 1.29 is 9.66 Å². The molecule has 0 unspecified atom stereocenters. The van der Waals surface area contributed by atoms with Crippen LogP contribution in [0.3, 0.4) is 0 Å². The van der Waals surface area contributed by atoms with Crippen LogP contribution in [0.25, 0.3) is 16.0 Å². The first-order valence-corrected chi connectivity index (χ1v) is 7.58. The maximum Gasteiger partial charge on any atom is 0.282 e. The number of halogens is 1. The van der Waals surface area contributed by atoms with Crippen molar-refractivity contribution in [2.45, 2.75) is 0 Å². The highest BCUT2D eigenvalue weighted by Crippen LogP contribution is 2.37. The zero-order chi connectivity index (χ0) is 16.7. The Bertz CT molecular complexity index is 788. The minimum Gasteiger partial charge on any atom is -0.488 e. The van der Waals surface area contributed by atoms with Gasteiger partial charge in [-0.05, 0) is 32.9 Å². The van der Waals surface area contributed by atoms with Gasteiger partial charge in [-0.15, -0.1) is 0 Å². The standard InChI is InChI=1S/C14H10IN5O3/c15-8-10(11-4-1-2-7-17-11)9-23-13-6-3-5-12(20(21)22)14(13)18-19-16/h1-8H,9H2. The first-order valence-electron chi connectivity index (χ1n) is 6.33. The van der Waals surface area contributed by atoms with Crippen molar-refractivity contribution in [1.82, 2.24) is 4.98 Å². The van der Waals surface area contributed by atoms with E-state index in [-0.39, 0.29) is 23.7 Å². The van der Waals surface area contributed by atoms with Crippen molar-refractivity contribution in [2.24, 2.45) is 5.11 Å². The maximum absolute atomic E-state index is 11.0. The van der Waals surface area contributed by atoms with Gasteiger partial charge in [0.1, 0.15) is 12.4 Å². The molecule has 0 saturated heterocycles. The number of hydrogen-bond donors (Lipinski definition) is 0. The monoisotopic (exact) mass is 423 g/mol. The van der Waals surface area contributed by atoms with Crippen LogP contribution in [0.4, 0.5) is 11.4 Å². The first kappa shape index (κ1) is 16.7. The summed E-state index contributed by atoms with van der Waals surface area (Å²) in [7, 11) is 0. The number of rotatable bonds is 6. The summed E-state index contributed by atoms with van der Waals surface area (Å²) in [5.41, 5.74) is 9.69. The summed E-state index contributed by atoms with van der Waals surface area (Å²) in [4.78, 5) is 17.2. The fourth-order valence-electron chi connectivity index (χ4n) is 1.79. The predicted molar refractivity (Wildman–Crippen MR) is 93.6 cm³/mol. The van der Waals surface area contributed by atoms with Crippen molar-refractivity contribution in [2.75, 3.05) is 6.61 Å². The lowest BCUT2D eigenvalue weighted by Gasteiger charge is -2.10. The quantitative estimate of drug-likeness (QED) is 0.166. The summed E-state index contributed by atoms with van der Waals surface area (Å²) < 4.78 is 7.42. The van der Waals surface area contributed by atoms with Gasteiger partial charge in [-0.25, -0.2) is 0 Å². The molecule has 23 heavy (non-hydrogen) atoms. The number of nitro benzene ring substituents is 1. The molecule has 0 aliphatic carbocycles. The minimum absolute atomic E-state index is 0.134. The van der Waals surface area contributed by atoms with Gasteiger partial charge in [0.05, 0.1) is 10.6 Å². The zero-order valence-corrected chi connectivity index (χ0v) is 13.8. The molecular formula is C14H10IN5O3. The zero-order valence-electron chi connectivity index (χ0n) is 11.7. The Morgan fingerprint density at radius 2 is 2.26 bits per heavy atom. The smallest absolute Gasteiger partial charge is 0.282 e. The van der Waals surface area contributed by atoms with Crippen LogP contribution in [0.5, 0.6) is 5.75 Å². The van der Waals surface area contributed by atoms with E-state index in [0.717, 1.165) is 11.3 Å². The van der Waals surface area contributed by atoms with Gasteiger partial charge < -0.3 is 4.74 Å². The molecule has 2 rings (SSSR count). The highest BCUT2D eigenvalue weighted by atomic mass is 127. The Kier molecular flexibility index (Phi) is 5.89. The van der Waals surface area contributed by atoms with Gasteiger partial charge >= 0.3 is 0 Å². The number of aromatic nitrogens is 1. The van der Waals surface area contributed by atoms with Crippen LogP contribution in [0.2, 0.25) is 0 Å². The largest absolute Gasteiger partial charge is 0.488 e. The van der Waals surface area contributed by atoms with E-state index in [0.29, 0.717) is 0 Å². The van der Waals surface area contributed by atoms with Crippen LogP contribution in [0, 0.1) is 10.1 Å². The summed E-state index contributed by atoms with van der Waals surface area (Å²) >= 11 is 2.07. The van der Waals surface area contributed by atoms with E-state index in [1.165, 1.54) is 18.2 Å². The molecule has 116 valence electrons. The molecule has 0 fully saturated rings. The van der Waals surface area contributed by atoms with Gasteiger partial charge in [-0.1, -0.05) is 34.7 Å². The number of hydrogen-bond acceptors (Lipinski definition) is 5. The number of ether oxygens (including phenoxy) is 1. The summed E-state index contributed by atoms with van der Waals surface area (Å²) in [6, 6.07) is 9.72. The third-order valence-electron chi connectivity index (χ3n) is 2.83. The van der Waals surface area contributed by atoms with Crippen LogP contribution >= 0.6 is 22.6 Å². The van der Waals surface area contributed by atoms with Gasteiger partial charge in [0.25, 0.3) is 5.69 Å². The number of azide groups is 1. The Hall–Kier alpha value is -2.65. The molecule has 1 aromatic heterocycles. The Balaban J connectivity index is 2.28. The summed E-state index contributed by atoms with van der Waals surface area (Å²) in [5.74, 6) is 0.142. The molecule has 0 aliphatic heterocycles. The number of nitro groups is 1. The van der Waals surface area contributed by atoms with Crippen LogP contribution < -0.4 is 4.74 Å². The van der Waals surface area contributed by atoms with Gasteiger partial charge in [-0.2, -0.15) is 0 Å². The molecule has 0 bridgehead atoms. The van der Waals surface area contributed by atoms with Crippen molar-refractivity contribution in [3.8, 4) is 5.75 Å². The number of pyridine rings is 1. The van der Waals surface area contributed by atoms with Crippen LogP contribution in [0.1, 0.15) is 5.69 Å². The second-order valence-electron chi connectivity index (χ2n) is 4.21. The van der Waals surface area contributed by atoms with Crippen molar-refractivity contribution in [3.05, 3.63) is 72.9 Å². The molecule has 1 heterocycles. The summed E-state index contributed by atoms with van der Waals surface area (Å²) in [6.45, 7) is 0.134. The van der Waals surface area contributed by atoms with Gasteiger partial charge in [-0.3, -0.25) is 15.1 Å². The highest BCUT2D eigenvalue weighted by Gasteiger charge is 2.17. The molecule has 0 spiro atoms.